The topological polar surface area (TPSA) is 45.8 Å². The van der Waals surface area contributed by atoms with Crippen molar-refractivity contribution in [1.82, 2.24) is 9.97 Å². The second-order valence-corrected chi connectivity index (χ2v) is 6.98. The molecule has 0 atom stereocenters. The van der Waals surface area contributed by atoms with Crippen LogP contribution in [-0.4, -0.2) is 9.97 Å². The molecule has 0 aliphatic heterocycles. The molecule has 0 bridgehead atoms. The number of H-pyrrole nitrogens is 1. The van der Waals surface area contributed by atoms with E-state index in [0.717, 1.165) is 32.7 Å². The molecule has 90 valence electrons. The minimum absolute atomic E-state index is 0.00581. The molecule has 3 rings (SSSR count). The normalized spacial score (nSPS) is 17.7. The van der Waals surface area contributed by atoms with Crippen LogP contribution in [0.4, 0.5) is 0 Å². The highest BCUT2D eigenvalue weighted by molar-refractivity contribution is 9.11. The molecule has 3 nitrogen and oxygen atoms in total. The van der Waals surface area contributed by atoms with Gasteiger partial charge in [-0.15, -0.1) is 11.3 Å². The Hall–Kier alpha value is -0.680. The van der Waals surface area contributed by atoms with E-state index in [1.165, 1.54) is 30.6 Å². The molecule has 0 saturated heterocycles. The minimum atomic E-state index is 0.00581. The van der Waals surface area contributed by atoms with Gasteiger partial charge in [-0.1, -0.05) is 19.3 Å². The second-order valence-electron chi connectivity index (χ2n) is 4.55. The lowest BCUT2D eigenvalue weighted by molar-refractivity contribution is 0.429. The standard InChI is InChI=1S/C12H13BrN2OS/c13-9-6-8-10(17-9)12(16)15-11(14-8)7-4-2-1-3-5-7/h6-7H,1-5H2,(H,14,15,16). The van der Waals surface area contributed by atoms with Crippen LogP contribution in [0.3, 0.4) is 0 Å². The first kappa shape index (κ1) is 11.4. The van der Waals surface area contributed by atoms with Gasteiger partial charge in [0.15, 0.2) is 0 Å². The Balaban J connectivity index is 2.08. The lowest BCUT2D eigenvalue weighted by Gasteiger charge is -2.20. The van der Waals surface area contributed by atoms with Gasteiger partial charge in [-0.25, -0.2) is 4.98 Å². The van der Waals surface area contributed by atoms with Crippen LogP contribution in [0.5, 0.6) is 0 Å². The summed E-state index contributed by atoms with van der Waals surface area (Å²) in [6.45, 7) is 0. The van der Waals surface area contributed by atoms with E-state index in [0.29, 0.717) is 5.92 Å². The number of nitrogens with one attached hydrogen (secondary N) is 1. The second kappa shape index (κ2) is 4.53. The van der Waals surface area contributed by atoms with Crippen molar-refractivity contribution in [3.63, 3.8) is 0 Å². The number of nitrogens with zero attached hydrogens (tertiary/aromatic N) is 1. The molecule has 0 aromatic carbocycles. The number of hydrogen-bond donors (Lipinski definition) is 1. The van der Waals surface area contributed by atoms with E-state index in [4.69, 9.17) is 0 Å². The minimum Gasteiger partial charge on any atom is -0.309 e. The Morgan fingerprint density at radius 3 is 2.88 bits per heavy atom. The highest BCUT2D eigenvalue weighted by Crippen LogP contribution is 2.32. The molecule has 0 spiro atoms. The van der Waals surface area contributed by atoms with Gasteiger partial charge >= 0.3 is 0 Å². The fourth-order valence-corrected chi connectivity index (χ4v) is 3.92. The summed E-state index contributed by atoms with van der Waals surface area (Å²) >= 11 is 4.85. The molecule has 0 amide bonds. The van der Waals surface area contributed by atoms with Crippen LogP contribution in [0.2, 0.25) is 0 Å². The van der Waals surface area contributed by atoms with Crippen molar-refractivity contribution in [1.29, 1.82) is 0 Å². The number of aromatic amines is 1. The van der Waals surface area contributed by atoms with Crippen LogP contribution < -0.4 is 5.56 Å². The predicted octanol–water partition coefficient (Wildman–Crippen LogP) is 3.79. The molecule has 1 saturated carbocycles. The molecule has 1 aliphatic rings. The summed E-state index contributed by atoms with van der Waals surface area (Å²) in [4.78, 5) is 19.5. The third-order valence-electron chi connectivity index (χ3n) is 3.36. The van der Waals surface area contributed by atoms with Gasteiger partial charge in [0.25, 0.3) is 5.56 Å². The Morgan fingerprint density at radius 2 is 2.12 bits per heavy atom. The first-order chi connectivity index (χ1) is 8.24. The number of thiophene rings is 1. The van der Waals surface area contributed by atoms with E-state index in [-0.39, 0.29) is 5.56 Å². The van der Waals surface area contributed by atoms with Gasteiger partial charge in [0.2, 0.25) is 0 Å². The van der Waals surface area contributed by atoms with Gasteiger partial charge in [-0.2, -0.15) is 0 Å². The largest absolute Gasteiger partial charge is 0.309 e. The zero-order valence-electron chi connectivity index (χ0n) is 9.33. The summed E-state index contributed by atoms with van der Waals surface area (Å²) in [6.07, 6.45) is 6.12. The molecule has 5 heteroatoms. The maximum absolute atomic E-state index is 11.9. The van der Waals surface area contributed by atoms with Gasteiger partial charge in [-0.3, -0.25) is 4.79 Å². The molecule has 0 unspecified atom stereocenters. The van der Waals surface area contributed by atoms with E-state index in [2.05, 4.69) is 25.9 Å². The van der Waals surface area contributed by atoms with E-state index in [9.17, 15) is 4.79 Å². The molecular formula is C12H13BrN2OS. The van der Waals surface area contributed by atoms with Crippen molar-refractivity contribution in [2.45, 2.75) is 38.0 Å². The van der Waals surface area contributed by atoms with Gasteiger partial charge in [0.05, 0.1) is 9.30 Å². The van der Waals surface area contributed by atoms with Gasteiger partial charge in [0.1, 0.15) is 10.5 Å². The van der Waals surface area contributed by atoms with Gasteiger partial charge < -0.3 is 4.98 Å². The molecular weight excluding hydrogens is 300 g/mol. The van der Waals surface area contributed by atoms with E-state index < -0.39 is 0 Å². The van der Waals surface area contributed by atoms with E-state index >= 15 is 0 Å². The summed E-state index contributed by atoms with van der Waals surface area (Å²) in [5.74, 6) is 1.33. The van der Waals surface area contributed by atoms with Gasteiger partial charge in [0, 0.05) is 5.92 Å². The molecule has 1 aliphatic carbocycles. The molecule has 1 N–H and O–H groups in total. The number of halogens is 1. The maximum Gasteiger partial charge on any atom is 0.268 e. The van der Waals surface area contributed by atoms with Crippen LogP contribution in [0.1, 0.15) is 43.8 Å². The number of hydrogen-bond acceptors (Lipinski definition) is 3. The van der Waals surface area contributed by atoms with Crippen molar-refractivity contribution in [3.8, 4) is 0 Å². The number of rotatable bonds is 1. The highest BCUT2D eigenvalue weighted by Gasteiger charge is 2.19. The first-order valence-electron chi connectivity index (χ1n) is 5.93. The lowest BCUT2D eigenvalue weighted by Crippen LogP contribution is -2.15. The van der Waals surface area contributed by atoms with E-state index in [1.54, 1.807) is 0 Å². The Bertz CT molecular complexity index is 598. The van der Waals surface area contributed by atoms with Crippen molar-refractivity contribution in [2.24, 2.45) is 0 Å². The predicted molar refractivity (Wildman–Crippen MR) is 73.8 cm³/mol. The Morgan fingerprint density at radius 1 is 1.35 bits per heavy atom. The molecule has 2 aromatic heterocycles. The third kappa shape index (κ3) is 2.18. The lowest BCUT2D eigenvalue weighted by atomic mass is 9.89. The van der Waals surface area contributed by atoms with E-state index in [1.807, 2.05) is 6.07 Å². The average Bonchev–Trinajstić information content (AvgIpc) is 2.71. The maximum atomic E-state index is 11.9. The smallest absolute Gasteiger partial charge is 0.268 e. The van der Waals surface area contributed by atoms with Crippen LogP contribution in [-0.2, 0) is 0 Å². The fourth-order valence-electron chi connectivity index (χ4n) is 2.50. The third-order valence-corrected chi connectivity index (χ3v) is 4.99. The zero-order valence-corrected chi connectivity index (χ0v) is 11.7. The quantitative estimate of drug-likeness (QED) is 0.870. The van der Waals surface area contributed by atoms with Crippen molar-refractivity contribution in [2.75, 3.05) is 0 Å². The molecule has 17 heavy (non-hydrogen) atoms. The summed E-state index contributed by atoms with van der Waals surface area (Å²) in [6, 6.07) is 1.93. The van der Waals surface area contributed by atoms with Crippen LogP contribution >= 0.6 is 27.3 Å². The van der Waals surface area contributed by atoms with Crippen LogP contribution in [0.15, 0.2) is 14.6 Å². The average molecular weight is 313 g/mol. The summed E-state index contributed by atoms with van der Waals surface area (Å²) in [5.41, 5.74) is 0.831. The molecule has 2 aromatic rings. The van der Waals surface area contributed by atoms with Gasteiger partial charge in [-0.05, 0) is 34.8 Å². The summed E-state index contributed by atoms with van der Waals surface area (Å²) in [5, 5.41) is 0. The van der Waals surface area contributed by atoms with Crippen molar-refractivity contribution >= 4 is 37.5 Å². The van der Waals surface area contributed by atoms with Crippen LogP contribution in [0.25, 0.3) is 10.2 Å². The first-order valence-corrected chi connectivity index (χ1v) is 7.54. The molecule has 2 heterocycles. The Kier molecular flexibility index (Phi) is 3.04. The fraction of sp³-hybridized carbons (Fsp3) is 0.500. The number of aromatic nitrogens is 2. The number of fused-ring (bicyclic) bond motifs is 1. The highest BCUT2D eigenvalue weighted by atomic mass is 79.9. The van der Waals surface area contributed by atoms with Crippen molar-refractivity contribution in [3.05, 3.63) is 26.0 Å². The summed E-state index contributed by atoms with van der Waals surface area (Å²) < 4.78 is 1.68. The molecule has 0 radical (unpaired) electrons. The molecule has 1 fully saturated rings. The Labute approximate surface area is 111 Å². The monoisotopic (exact) mass is 312 g/mol. The summed E-state index contributed by atoms with van der Waals surface area (Å²) in [7, 11) is 0. The van der Waals surface area contributed by atoms with Crippen molar-refractivity contribution < 1.29 is 0 Å². The zero-order chi connectivity index (χ0) is 11.8. The SMILES string of the molecule is O=c1[nH]c(C2CCCCC2)nc2cc(Br)sc12. The van der Waals surface area contributed by atoms with Crippen LogP contribution in [0, 0.1) is 0 Å².